The number of halogens is 1. The Morgan fingerprint density at radius 3 is 2.86 bits per heavy atom. The van der Waals surface area contributed by atoms with Crippen LogP contribution in [0.5, 0.6) is 0 Å². The van der Waals surface area contributed by atoms with Gasteiger partial charge in [0, 0.05) is 18.0 Å². The Morgan fingerprint density at radius 1 is 1.52 bits per heavy atom. The van der Waals surface area contributed by atoms with Gasteiger partial charge < -0.3 is 4.74 Å². The normalized spacial score (nSPS) is 20.9. The Labute approximate surface area is 134 Å². The summed E-state index contributed by atoms with van der Waals surface area (Å²) in [6.45, 7) is 0. The lowest BCUT2D eigenvalue weighted by atomic mass is 9.95. The molecule has 4 nitrogen and oxygen atoms in total. The monoisotopic (exact) mass is 326 g/mol. The van der Waals surface area contributed by atoms with Gasteiger partial charge in [-0.1, -0.05) is 11.6 Å². The molecule has 0 aromatic carbocycles. The topological polar surface area (TPSA) is 51.2 Å². The van der Waals surface area contributed by atoms with Gasteiger partial charge in [0.05, 0.1) is 12.1 Å². The van der Waals surface area contributed by atoms with Crippen LogP contribution in [0.2, 0.25) is 5.02 Å². The number of nitrogens with one attached hydrogen (secondary N) is 1. The van der Waals surface area contributed by atoms with Crippen molar-refractivity contribution in [3.8, 4) is 0 Å². The highest BCUT2D eigenvalue weighted by Crippen LogP contribution is 2.45. The first-order chi connectivity index (χ1) is 10.2. The van der Waals surface area contributed by atoms with E-state index in [0.717, 1.165) is 30.7 Å². The molecule has 1 aromatic heterocycles. The number of ether oxygens (including phenoxy) is 1. The van der Waals surface area contributed by atoms with Crippen LogP contribution in [0.15, 0.2) is 23.4 Å². The number of esters is 1. The molecule has 1 N–H and O–H groups in total. The number of carbonyl (C=O) groups excluding carboxylic acids is 1. The lowest BCUT2D eigenvalue weighted by molar-refractivity contribution is -0.148. The maximum atomic E-state index is 12.4. The van der Waals surface area contributed by atoms with Crippen LogP contribution >= 0.6 is 23.4 Å². The van der Waals surface area contributed by atoms with Crippen LogP contribution in [0.25, 0.3) is 0 Å². The number of rotatable bonds is 7. The third-order valence-electron chi connectivity index (χ3n) is 4.02. The smallest absolute Gasteiger partial charge is 0.327 e. The van der Waals surface area contributed by atoms with Crippen molar-refractivity contribution in [3.05, 3.63) is 23.4 Å². The van der Waals surface area contributed by atoms with Crippen LogP contribution in [0.4, 0.5) is 0 Å². The van der Waals surface area contributed by atoms with Gasteiger partial charge in [-0.3, -0.25) is 10.1 Å². The molecule has 21 heavy (non-hydrogen) atoms. The van der Waals surface area contributed by atoms with E-state index < -0.39 is 5.54 Å². The maximum absolute atomic E-state index is 12.4. The summed E-state index contributed by atoms with van der Waals surface area (Å²) in [7, 11) is 1.46. The predicted molar refractivity (Wildman–Crippen MR) is 83.6 cm³/mol. The van der Waals surface area contributed by atoms with E-state index in [4.69, 9.17) is 16.3 Å². The van der Waals surface area contributed by atoms with Crippen LogP contribution in [0, 0.1) is 5.92 Å². The van der Waals surface area contributed by atoms with E-state index in [1.54, 1.807) is 6.20 Å². The minimum atomic E-state index is -0.596. The van der Waals surface area contributed by atoms with Crippen molar-refractivity contribution in [1.82, 2.24) is 10.3 Å². The molecular weight excluding hydrogens is 308 g/mol. The number of hydrogen-bond acceptors (Lipinski definition) is 5. The molecule has 2 aliphatic rings. The van der Waals surface area contributed by atoms with Crippen molar-refractivity contribution in [2.45, 2.75) is 42.3 Å². The van der Waals surface area contributed by atoms with Gasteiger partial charge in [0.15, 0.2) is 0 Å². The summed E-state index contributed by atoms with van der Waals surface area (Å²) in [4.78, 5) is 16.7. The van der Waals surface area contributed by atoms with Crippen molar-refractivity contribution in [1.29, 1.82) is 0 Å². The first-order valence-corrected chi connectivity index (χ1v) is 8.61. The van der Waals surface area contributed by atoms with Crippen molar-refractivity contribution >= 4 is 29.3 Å². The average Bonchev–Trinajstić information content (AvgIpc) is 3.37. The summed E-state index contributed by atoms with van der Waals surface area (Å²) in [5.41, 5.74) is -0.596. The molecule has 0 amide bonds. The van der Waals surface area contributed by atoms with Crippen molar-refractivity contribution in [2.75, 3.05) is 12.9 Å². The molecule has 0 radical (unpaired) electrons. The standard InChI is InChI=1S/C15H19ClN2O2S/c1-20-14(19)15(10-4-5-10,18-11-6-7-11)9-21-13-12(16)3-2-8-17-13/h2-3,8,10-11,18H,4-7,9H2,1H3. The SMILES string of the molecule is COC(=O)C(CSc1ncccc1Cl)(NC1CC1)C1CC1. The number of methoxy groups -OCH3 is 1. The van der Waals surface area contributed by atoms with Crippen LogP contribution in [0.1, 0.15) is 25.7 Å². The zero-order valence-corrected chi connectivity index (χ0v) is 13.5. The van der Waals surface area contributed by atoms with Gasteiger partial charge >= 0.3 is 5.97 Å². The van der Waals surface area contributed by atoms with E-state index in [9.17, 15) is 4.79 Å². The van der Waals surface area contributed by atoms with Gasteiger partial charge in [0.25, 0.3) is 0 Å². The summed E-state index contributed by atoms with van der Waals surface area (Å²) in [6, 6.07) is 4.08. The number of hydrogen-bond donors (Lipinski definition) is 1. The fourth-order valence-corrected chi connectivity index (χ4v) is 4.00. The molecule has 1 heterocycles. The highest BCUT2D eigenvalue weighted by Gasteiger charge is 2.53. The predicted octanol–water partition coefficient (Wildman–Crippen LogP) is 2.90. The molecule has 1 atom stereocenters. The van der Waals surface area contributed by atoms with Gasteiger partial charge in [-0.15, -0.1) is 11.8 Å². The molecule has 114 valence electrons. The largest absolute Gasteiger partial charge is 0.468 e. The molecule has 2 aliphatic carbocycles. The van der Waals surface area contributed by atoms with Crippen LogP contribution in [-0.4, -0.2) is 35.4 Å². The van der Waals surface area contributed by atoms with E-state index in [2.05, 4.69) is 10.3 Å². The maximum Gasteiger partial charge on any atom is 0.327 e. The molecule has 0 saturated heterocycles. The molecule has 3 rings (SSSR count). The zero-order valence-electron chi connectivity index (χ0n) is 12.0. The lowest BCUT2D eigenvalue weighted by Gasteiger charge is -2.32. The number of carbonyl (C=O) groups is 1. The number of aromatic nitrogens is 1. The Morgan fingerprint density at radius 2 is 2.29 bits per heavy atom. The molecule has 0 spiro atoms. The van der Waals surface area contributed by atoms with Gasteiger partial charge in [0.2, 0.25) is 0 Å². The van der Waals surface area contributed by atoms with E-state index in [0.29, 0.717) is 22.7 Å². The first kappa shape index (κ1) is 15.1. The molecule has 0 aliphatic heterocycles. The molecule has 2 fully saturated rings. The van der Waals surface area contributed by atoms with Crippen molar-refractivity contribution in [3.63, 3.8) is 0 Å². The third-order valence-corrected chi connectivity index (χ3v) is 5.64. The Hall–Kier alpha value is -0.780. The third kappa shape index (κ3) is 3.35. The summed E-state index contributed by atoms with van der Waals surface area (Å²) >= 11 is 7.69. The second-order valence-corrected chi connectivity index (χ2v) is 7.11. The second-order valence-electron chi connectivity index (χ2n) is 5.73. The molecular formula is C15H19ClN2O2S. The van der Waals surface area contributed by atoms with E-state index in [1.165, 1.54) is 18.9 Å². The fraction of sp³-hybridized carbons (Fsp3) is 0.600. The minimum absolute atomic E-state index is 0.156. The highest BCUT2D eigenvalue weighted by molar-refractivity contribution is 7.99. The lowest BCUT2D eigenvalue weighted by Crippen LogP contribution is -2.57. The zero-order chi connectivity index (χ0) is 14.9. The summed E-state index contributed by atoms with van der Waals surface area (Å²) < 4.78 is 5.10. The van der Waals surface area contributed by atoms with Gasteiger partial charge in [0.1, 0.15) is 10.6 Å². The quantitative estimate of drug-likeness (QED) is 0.617. The Balaban J connectivity index is 1.77. The first-order valence-electron chi connectivity index (χ1n) is 7.25. The number of pyridine rings is 1. The Kier molecular flexibility index (Phi) is 4.43. The van der Waals surface area contributed by atoms with Gasteiger partial charge in [-0.25, -0.2) is 4.98 Å². The molecule has 0 bridgehead atoms. The van der Waals surface area contributed by atoms with Crippen LogP contribution in [-0.2, 0) is 9.53 Å². The summed E-state index contributed by atoms with van der Waals surface area (Å²) in [5.74, 6) is 0.814. The number of thioether (sulfide) groups is 1. The van der Waals surface area contributed by atoms with Crippen molar-refractivity contribution in [2.24, 2.45) is 5.92 Å². The summed E-state index contributed by atoms with van der Waals surface area (Å²) in [6.07, 6.45) is 6.15. The molecule has 6 heteroatoms. The van der Waals surface area contributed by atoms with Crippen molar-refractivity contribution < 1.29 is 9.53 Å². The van der Waals surface area contributed by atoms with E-state index in [1.807, 2.05) is 12.1 Å². The molecule has 2 saturated carbocycles. The van der Waals surface area contributed by atoms with Crippen LogP contribution in [0.3, 0.4) is 0 Å². The molecule has 1 aromatic rings. The Bertz CT molecular complexity index is 534. The van der Waals surface area contributed by atoms with E-state index in [-0.39, 0.29) is 5.97 Å². The highest BCUT2D eigenvalue weighted by atomic mass is 35.5. The fourth-order valence-electron chi connectivity index (χ4n) is 2.57. The number of nitrogens with zero attached hydrogens (tertiary/aromatic N) is 1. The van der Waals surface area contributed by atoms with Crippen LogP contribution < -0.4 is 5.32 Å². The van der Waals surface area contributed by atoms with Gasteiger partial charge in [-0.2, -0.15) is 0 Å². The van der Waals surface area contributed by atoms with E-state index >= 15 is 0 Å². The average molecular weight is 327 g/mol. The molecule has 1 unspecified atom stereocenters. The minimum Gasteiger partial charge on any atom is -0.468 e. The second kappa shape index (κ2) is 6.15. The summed E-state index contributed by atoms with van der Waals surface area (Å²) in [5, 5.41) is 4.94. The van der Waals surface area contributed by atoms with Gasteiger partial charge in [-0.05, 0) is 43.7 Å².